The van der Waals surface area contributed by atoms with E-state index < -0.39 is 16.0 Å². The van der Waals surface area contributed by atoms with Crippen molar-refractivity contribution in [3.63, 3.8) is 0 Å². The molecule has 3 aromatic carbocycles. The summed E-state index contributed by atoms with van der Waals surface area (Å²) in [5.41, 5.74) is 3.03. The lowest BCUT2D eigenvalue weighted by Crippen LogP contribution is -2.18. The number of rotatable bonds is 6. The Morgan fingerprint density at radius 1 is 0.931 bits per heavy atom. The zero-order valence-corrected chi connectivity index (χ0v) is 16.8. The van der Waals surface area contributed by atoms with Crippen LogP contribution in [0.4, 0.5) is 0 Å². The molecular weight excluding hydrogens is 388 g/mol. The van der Waals surface area contributed by atoms with Crippen molar-refractivity contribution in [3.05, 3.63) is 95.1 Å². The van der Waals surface area contributed by atoms with Crippen LogP contribution in [0.25, 0.3) is 0 Å². The van der Waals surface area contributed by atoms with Gasteiger partial charge in [0.1, 0.15) is 5.75 Å². The molecule has 0 aromatic heterocycles. The molecule has 0 bridgehead atoms. The van der Waals surface area contributed by atoms with Gasteiger partial charge in [-0.1, -0.05) is 47.5 Å². The fourth-order valence-corrected chi connectivity index (χ4v) is 3.25. The summed E-state index contributed by atoms with van der Waals surface area (Å²) in [6, 6.07) is 20.1. The van der Waals surface area contributed by atoms with Crippen molar-refractivity contribution in [3.8, 4) is 5.75 Å². The Morgan fingerprint density at radius 2 is 1.55 bits per heavy atom. The first-order valence-corrected chi connectivity index (χ1v) is 10.3. The summed E-state index contributed by atoms with van der Waals surface area (Å²) in [6.07, 6.45) is 1.34. The van der Waals surface area contributed by atoms with Gasteiger partial charge in [0.05, 0.1) is 16.7 Å². The van der Waals surface area contributed by atoms with E-state index in [1.165, 1.54) is 18.3 Å². The Kier molecular flexibility index (Phi) is 6.09. The van der Waals surface area contributed by atoms with Crippen LogP contribution in [-0.2, 0) is 10.0 Å². The Hall–Kier alpha value is -3.45. The molecule has 0 aliphatic heterocycles. The van der Waals surface area contributed by atoms with E-state index in [-0.39, 0.29) is 4.90 Å². The number of nitrogens with zero attached hydrogens (tertiary/aromatic N) is 1. The van der Waals surface area contributed by atoms with Crippen molar-refractivity contribution in [2.75, 3.05) is 0 Å². The SMILES string of the molecule is Cc1ccc(C(=O)Oc2cccc(/C=N\NS(=O)(=O)c3ccc(C)cc3)c2)cc1. The molecule has 0 aliphatic rings. The van der Waals surface area contributed by atoms with Crippen LogP contribution in [0.1, 0.15) is 27.0 Å². The van der Waals surface area contributed by atoms with Crippen molar-refractivity contribution >= 4 is 22.2 Å². The number of carbonyl (C=O) groups is 1. The van der Waals surface area contributed by atoms with Crippen LogP contribution in [-0.4, -0.2) is 20.6 Å². The maximum absolute atomic E-state index is 12.2. The highest BCUT2D eigenvalue weighted by Crippen LogP contribution is 2.15. The number of hydrogen-bond acceptors (Lipinski definition) is 5. The summed E-state index contributed by atoms with van der Waals surface area (Å²) in [6.45, 7) is 3.81. The Morgan fingerprint density at radius 3 is 2.21 bits per heavy atom. The molecule has 0 saturated carbocycles. The van der Waals surface area contributed by atoms with Crippen LogP contribution in [0.2, 0.25) is 0 Å². The number of aryl methyl sites for hydroxylation is 2. The van der Waals surface area contributed by atoms with Gasteiger partial charge in [0, 0.05) is 0 Å². The molecular formula is C22H20N2O4S. The Bertz CT molecular complexity index is 1140. The highest BCUT2D eigenvalue weighted by molar-refractivity contribution is 7.89. The highest BCUT2D eigenvalue weighted by Gasteiger charge is 2.12. The minimum atomic E-state index is -3.75. The molecule has 148 valence electrons. The average Bonchev–Trinajstić information content (AvgIpc) is 2.69. The standard InChI is InChI=1S/C22H20N2O4S/c1-16-6-10-19(11-7-16)22(25)28-20-5-3-4-18(14-20)15-23-24-29(26,27)21-12-8-17(2)9-13-21/h3-15,24H,1-2H3/b23-15-. The molecule has 1 N–H and O–H groups in total. The molecule has 0 amide bonds. The van der Waals surface area contributed by atoms with Crippen LogP contribution in [0, 0.1) is 13.8 Å². The van der Waals surface area contributed by atoms with Crippen molar-refractivity contribution in [1.82, 2.24) is 4.83 Å². The van der Waals surface area contributed by atoms with Crippen molar-refractivity contribution < 1.29 is 17.9 Å². The monoisotopic (exact) mass is 408 g/mol. The fourth-order valence-electron chi connectivity index (χ4n) is 2.45. The molecule has 0 fully saturated rings. The number of esters is 1. The van der Waals surface area contributed by atoms with E-state index in [1.54, 1.807) is 48.5 Å². The van der Waals surface area contributed by atoms with Crippen LogP contribution < -0.4 is 9.57 Å². The van der Waals surface area contributed by atoms with E-state index in [1.807, 2.05) is 26.0 Å². The maximum atomic E-state index is 12.2. The number of hydrogen-bond donors (Lipinski definition) is 1. The first-order valence-electron chi connectivity index (χ1n) is 8.84. The molecule has 0 aliphatic carbocycles. The summed E-state index contributed by atoms with van der Waals surface area (Å²) in [5, 5.41) is 3.80. The number of benzene rings is 3. The Balaban J connectivity index is 1.67. The van der Waals surface area contributed by atoms with E-state index >= 15 is 0 Å². The molecule has 0 unspecified atom stereocenters. The van der Waals surface area contributed by atoms with Gasteiger partial charge >= 0.3 is 5.97 Å². The van der Waals surface area contributed by atoms with Gasteiger partial charge in [-0.15, -0.1) is 0 Å². The quantitative estimate of drug-likeness (QED) is 0.291. The molecule has 0 radical (unpaired) electrons. The van der Waals surface area contributed by atoms with E-state index in [2.05, 4.69) is 9.93 Å². The number of ether oxygens (including phenoxy) is 1. The van der Waals surface area contributed by atoms with Gasteiger partial charge < -0.3 is 4.74 Å². The zero-order chi connectivity index (χ0) is 20.9. The molecule has 0 spiro atoms. The third-order valence-electron chi connectivity index (χ3n) is 4.07. The van der Waals surface area contributed by atoms with E-state index in [0.29, 0.717) is 16.9 Å². The lowest BCUT2D eigenvalue weighted by atomic mass is 10.1. The molecule has 0 heterocycles. The third kappa shape index (κ3) is 5.52. The van der Waals surface area contributed by atoms with Crippen LogP contribution in [0.15, 0.2) is 82.8 Å². The zero-order valence-electron chi connectivity index (χ0n) is 16.0. The van der Waals surface area contributed by atoms with Crippen molar-refractivity contribution in [1.29, 1.82) is 0 Å². The topological polar surface area (TPSA) is 84.8 Å². The number of carbonyl (C=O) groups excluding carboxylic acids is 1. The van der Waals surface area contributed by atoms with Crippen molar-refractivity contribution in [2.45, 2.75) is 18.7 Å². The second-order valence-corrected chi connectivity index (χ2v) is 8.15. The minimum Gasteiger partial charge on any atom is -0.423 e. The largest absolute Gasteiger partial charge is 0.423 e. The van der Waals surface area contributed by atoms with Crippen LogP contribution in [0.3, 0.4) is 0 Å². The first kappa shape index (κ1) is 20.3. The third-order valence-corrected chi connectivity index (χ3v) is 5.31. The van der Waals surface area contributed by atoms with Gasteiger partial charge in [-0.05, 0) is 55.8 Å². The van der Waals surface area contributed by atoms with Gasteiger partial charge in [0.2, 0.25) is 0 Å². The lowest BCUT2D eigenvalue weighted by Gasteiger charge is -2.06. The van der Waals surface area contributed by atoms with E-state index in [0.717, 1.165) is 11.1 Å². The second-order valence-electron chi connectivity index (χ2n) is 6.49. The number of hydrazone groups is 1. The van der Waals surface area contributed by atoms with Gasteiger partial charge in [-0.3, -0.25) is 0 Å². The summed E-state index contributed by atoms with van der Waals surface area (Å²) < 4.78 is 29.8. The normalized spacial score (nSPS) is 11.4. The molecule has 0 saturated heterocycles. The van der Waals surface area contributed by atoms with E-state index in [4.69, 9.17) is 4.74 Å². The molecule has 29 heavy (non-hydrogen) atoms. The Labute approximate surface area is 169 Å². The van der Waals surface area contributed by atoms with Gasteiger partial charge in [0.25, 0.3) is 10.0 Å². The smallest absolute Gasteiger partial charge is 0.343 e. The van der Waals surface area contributed by atoms with Gasteiger partial charge in [-0.2, -0.15) is 13.5 Å². The summed E-state index contributed by atoms with van der Waals surface area (Å²) in [4.78, 5) is 14.5. The minimum absolute atomic E-state index is 0.126. The molecule has 3 rings (SSSR count). The molecule has 0 atom stereocenters. The summed E-state index contributed by atoms with van der Waals surface area (Å²) >= 11 is 0. The molecule has 7 heteroatoms. The second kappa shape index (κ2) is 8.70. The van der Waals surface area contributed by atoms with Gasteiger partial charge in [0.15, 0.2) is 0 Å². The van der Waals surface area contributed by atoms with Gasteiger partial charge in [-0.25, -0.2) is 9.63 Å². The number of nitrogens with one attached hydrogen (secondary N) is 1. The van der Waals surface area contributed by atoms with Crippen LogP contribution >= 0.6 is 0 Å². The first-order chi connectivity index (χ1) is 13.8. The lowest BCUT2D eigenvalue weighted by molar-refractivity contribution is 0.0734. The fraction of sp³-hybridized carbons (Fsp3) is 0.0909. The maximum Gasteiger partial charge on any atom is 0.343 e. The summed E-state index contributed by atoms with van der Waals surface area (Å²) in [5.74, 6) is -0.139. The molecule has 3 aromatic rings. The predicted octanol–water partition coefficient (Wildman–Crippen LogP) is 3.84. The summed E-state index contributed by atoms with van der Waals surface area (Å²) in [7, 11) is -3.75. The number of sulfonamides is 1. The molecule has 6 nitrogen and oxygen atoms in total. The van der Waals surface area contributed by atoms with Crippen molar-refractivity contribution in [2.24, 2.45) is 5.10 Å². The average molecular weight is 408 g/mol. The van der Waals surface area contributed by atoms with Crippen LogP contribution in [0.5, 0.6) is 5.75 Å². The predicted molar refractivity (Wildman–Crippen MR) is 112 cm³/mol. The van der Waals surface area contributed by atoms with E-state index in [9.17, 15) is 13.2 Å². The highest BCUT2D eigenvalue weighted by atomic mass is 32.2.